The van der Waals surface area contributed by atoms with Crippen LogP contribution in [0.5, 0.6) is 0 Å². The molecular weight excluding hydrogens is 350 g/mol. The van der Waals surface area contributed by atoms with E-state index in [1.165, 1.54) is 5.56 Å². The van der Waals surface area contributed by atoms with Gasteiger partial charge in [-0.3, -0.25) is 4.79 Å². The highest BCUT2D eigenvalue weighted by atomic mass is 16.2. The van der Waals surface area contributed by atoms with Crippen LogP contribution in [0, 0.1) is 5.41 Å². The molecule has 0 radical (unpaired) electrons. The third-order valence-corrected chi connectivity index (χ3v) is 5.29. The maximum absolute atomic E-state index is 13.2. The molecule has 1 aromatic carbocycles. The van der Waals surface area contributed by atoms with Gasteiger partial charge in [0.25, 0.3) is 0 Å². The van der Waals surface area contributed by atoms with Crippen molar-refractivity contribution in [1.82, 2.24) is 10.6 Å². The first-order valence-electron chi connectivity index (χ1n) is 9.80. The van der Waals surface area contributed by atoms with Gasteiger partial charge >= 0.3 is 6.03 Å². The van der Waals surface area contributed by atoms with Crippen molar-refractivity contribution in [3.05, 3.63) is 65.4 Å². The van der Waals surface area contributed by atoms with Gasteiger partial charge in [0, 0.05) is 24.0 Å². The Balaban J connectivity index is 1.81. The van der Waals surface area contributed by atoms with Gasteiger partial charge in [0.05, 0.1) is 5.41 Å². The second-order valence-electron chi connectivity index (χ2n) is 8.24. The number of benzene rings is 1. The summed E-state index contributed by atoms with van der Waals surface area (Å²) < 4.78 is 0. The minimum atomic E-state index is -0.703. The molecule has 2 N–H and O–H groups in total. The molecule has 1 heterocycles. The molecule has 1 unspecified atom stereocenters. The van der Waals surface area contributed by atoms with Crippen LogP contribution in [0.1, 0.15) is 46.1 Å². The van der Waals surface area contributed by atoms with Gasteiger partial charge in [-0.15, -0.1) is 0 Å². The van der Waals surface area contributed by atoms with Crippen LogP contribution in [-0.4, -0.2) is 24.5 Å². The predicted molar refractivity (Wildman–Crippen MR) is 113 cm³/mol. The quantitative estimate of drug-likeness (QED) is 0.821. The molecule has 5 nitrogen and oxygen atoms in total. The van der Waals surface area contributed by atoms with Crippen LogP contribution in [0.2, 0.25) is 0 Å². The summed E-state index contributed by atoms with van der Waals surface area (Å²) >= 11 is 0. The van der Waals surface area contributed by atoms with Crippen molar-refractivity contribution < 1.29 is 9.59 Å². The average molecular weight is 380 g/mol. The van der Waals surface area contributed by atoms with E-state index in [1.807, 2.05) is 62.1 Å². The lowest BCUT2D eigenvalue weighted by Crippen LogP contribution is -2.38. The lowest BCUT2D eigenvalue weighted by atomic mass is 9.84. The number of hydrogen-bond acceptors (Lipinski definition) is 2. The van der Waals surface area contributed by atoms with E-state index in [4.69, 9.17) is 0 Å². The fraction of sp³-hybridized carbons (Fsp3) is 0.391. The fourth-order valence-corrected chi connectivity index (χ4v) is 3.49. The highest BCUT2D eigenvalue weighted by molar-refractivity contribution is 6.05. The topological polar surface area (TPSA) is 61.4 Å². The van der Waals surface area contributed by atoms with E-state index in [-0.39, 0.29) is 18.0 Å². The highest BCUT2D eigenvalue weighted by Crippen LogP contribution is 2.41. The average Bonchev–Trinajstić information content (AvgIpc) is 2.77. The van der Waals surface area contributed by atoms with Crippen LogP contribution in [0.3, 0.4) is 0 Å². The number of nitrogens with one attached hydrogen (secondary N) is 2. The van der Waals surface area contributed by atoms with Crippen molar-refractivity contribution in [3.63, 3.8) is 0 Å². The Morgan fingerprint density at radius 3 is 2.39 bits per heavy atom. The van der Waals surface area contributed by atoms with E-state index in [1.54, 1.807) is 0 Å². The summed E-state index contributed by atoms with van der Waals surface area (Å²) in [7, 11) is 0. The number of urea groups is 1. The number of rotatable bonds is 4. The first kappa shape index (κ1) is 19.9. The van der Waals surface area contributed by atoms with E-state index in [9.17, 15) is 9.59 Å². The van der Waals surface area contributed by atoms with Crippen molar-refractivity contribution in [3.8, 4) is 0 Å². The molecule has 2 aliphatic rings. The molecule has 1 aliphatic heterocycles. The molecule has 0 spiro atoms. The van der Waals surface area contributed by atoms with E-state index >= 15 is 0 Å². The van der Waals surface area contributed by atoms with Crippen molar-refractivity contribution in [1.29, 1.82) is 0 Å². The van der Waals surface area contributed by atoms with Crippen molar-refractivity contribution in [2.75, 3.05) is 11.4 Å². The van der Waals surface area contributed by atoms with Crippen LogP contribution in [-0.2, 0) is 4.79 Å². The minimum absolute atomic E-state index is 0.0496. The number of carbonyl (C=O) groups is 2. The first-order valence-corrected chi connectivity index (χ1v) is 9.80. The molecule has 3 rings (SSSR count). The van der Waals surface area contributed by atoms with E-state index in [2.05, 4.69) is 36.6 Å². The number of amides is 3. The SMILES string of the molecule is CC(C)NC(=O)NC1=CC=C2CN(c3ccc(C(C)C)cc3)C(=O)C2(C)C=C1. The highest BCUT2D eigenvalue weighted by Gasteiger charge is 2.45. The summed E-state index contributed by atoms with van der Waals surface area (Å²) in [5, 5.41) is 5.63. The van der Waals surface area contributed by atoms with Gasteiger partial charge in [-0.05, 0) is 62.1 Å². The lowest BCUT2D eigenvalue weighted by Gasteiger charge is -2.21. The maximum Gasteiger partial charge on any atom is 0.319 e. The third-order valence-electron chi connectivity index (χ3n) is 5.29. The molecule has 1 atom stereocenters. The van der Waals surface area contributed by atoms with Crippen LogP contribution in [0.4, 0.5) is 10.5 Å². The largest absolute Gasteiger partial charge is 0.336 e. The normalized spacial score (nSPS) is 21.4. The van der Waals surface area contributed by atoms with Gasteiger partial charge in [-0.1, -0.05) is 38.1 Å². The standard InChI is InChI=1S/C23H29N3O2/c1-15(2)17-6-10-20(11-7-17)26-14-18-8-9-19(25-22(28)24-16(3)4)12-13-23(18,5)21(26)27/h6-13,15-16H,14H2,1-5H3,(H2,24,25,28). The molecular formula is C23H29N3O2. The number of nitrogens with zero attached hydrogens (tertiary/aromatic N) is 1. The van der Waals surface area contributed by atoms with E-state index < -0.39 is 5.41 Å². The summed E-state index contributed by atoms with van der Waals surface area (Å²) in [6.45, 7) is 10.6. The predicted octanol–water partition coefficient (Wildman–Crippen LogP) is 4.25. The number of hydrogen-bond donors (Lipinski definition) is 2. The zero-order chi connectivity index (χ0) is 20.5. The molecule has 0 saturated carbocycles. The third kappa shape index (κ3) is 3.88. The molecule has 1 aromatic rings. The van der Waals surface area contributed by atoms with E-state index in [0.29, 0.717) is 18.2 Å². The second-order valence-corrected chi connectivity index (χ2v) is 8.24. The van der Waals surface area contributed by atoms with Crippen molar-refractivity contribution >= 4 is 17.6 Å². The number of fused-ring (bicyclic) bond motifs is 1. The Labute approximate surface area is 167 Å². The van der Waals surface area contributed by atoms with Crippen molar-refractivity contribution in [2.45, 2.75) is 46.6 Å². The first-order chi connectivity index (χ1) is 13.2. The number of carbonyl (C=O) groups excluding carboxylic acids is 2. The Kier molecular flexibility index (Phi) is 5.45. The summed E-state index contributed by atoms with van der Waals surface area (Å²) in [4.78, 5) is 27.0. The summed E-state index contributed by atoms with van der Waals surface area (Å²) in [5.41, 5.74) is 3.15. The van der Waals surface area contributed by atoms with E-state index in [0.717, 1.165) is 11.3 Å². The monoisotopic (exact) mass is 379 g/mol. The number of anilines is 1. The Morgan fingerprint density at radius 2 is 1.79 bits per heavy atom. The molecule has 1 saturated heterocycles. The van der Waals surface area contributed by atoms with Gasteiger partial charge in [0.15, 0.2) is 0 Å². The smallest absolute Gasteiger partial charge is 0.319 e. The Hall–Kier alpha value is -2.82. The molecule has 0 aromatic heterocycles. The van der Waals surface area contributed by atoms with Gasteiger partial charge in [-0.25, -0.2) is 4.79 Å². The van der Waals surface area contributed by atoms with Crippen LogP contribution in [0.15, 0.2) is 59.8 Å². The van der Waals surface area contributed by atoms with Gasteiger partial charge in [0.2, 0.25) is 5.91 Å². The summed E-state index contributed by atoms with van der Waals surface area (Å²) in [6.07, 6.45) is 7.51. The molecule has 1 aliphatic carbocycles. The van der Waals surface area contributed by atoms with Crippen molar-refractivity contribution in [2.24, 2.45) is 5.41 Å². The molecule has 148 valence electrons. The second kappa shape index (κ2) is 7.66. The molecule has 0 bridgehead atoms. The summed E-state index contributed by atoms with van der Waals surface area (Å²) in [5.74, 6) is 0.509. The van der Waals surface area contributed by atoms with Gasteiger partial charge < -0.3 is 15.5 Å². The zero-order valence-electron chi connectivity index (χ0n) is 17.2. The minimum Gasteiger partial charge on any atom is -0.336 e. The molecule has 5 heteroatoms. The van der Waals surface area contributed by atoms with Crippen LogP contribution >= 0.6 is 0 Å². The zero-order valence-corrected chi connectivity index (χ0v) is 17.2. The Bertz CT molecular complexity index is 862. The summed E-state index contributed by atoms with van der Waals surface area (Å²) in [6, 6.07) is 8.02. The Morgan fingerprint density at radius 1 is 1.11 bits per heavy atom. The number of allylic oxidation sites excluding steroid dienone is 3. The van der Waals surface area contributed by atoms with Crippen LogP contribution in [0.25, 0.3) is 0 Å². The van der Waals surface area contributed by atoms with Crippen LogP contribution < -0.4 is 15.5 Å². The van der Waals surface area contributed by atoms with Gasteiger partial charge in [-0.2, -0.15) is 0 Å². The lowest BCUT2D eigenvalue weighted by molar-refractivity contribution is -0.121. The maximum atomic E-state index is 13.2. The van der Waals surface area contributed by atoms with Gasteiger partial charge in [0.1, 0.15) is 0 Å². The molecule has 28 heavy (non-hydrogen) atoms. The molecule has 3 amide bonds. The fourth-order valence-electron chi connectivity index (χ4n) is 3.49. The molecule has 1 fully saturated rings.